The van der Waals surface area contributed by atoms with Crippen molar-refractivity contribution in [2.45, 2.75) is 19.9 Å². The number of carbonyl (C=O) groups excluding carboxylic acids is 1. The van der Waals surface area contributed by atoms with Gasteiger partial charge in [-0.3, -0.25) is 9.48 Å². The van der Waals surface area contributed by atoms with E-state index in [2.05, 4.69) is 39.1 Å². The van der Waals surface area contributed by atoms with Crippen LogP contribution in [-0.4, -0.2) is 15.7 Å². The summed E-state index contributed by atoms with van der Waals surface area (Å²) in [7, 11) is 0. The van der Waals surface area contributed by atoms with Crippen LogP contribution in [0.1, 0.15) is 17.7 Å². The van der Waals surface area contributed by atoms with Gasteiger partial charge >= 0.3 is 0 Å². The van der Waals surface area contributed by atoms with E-state index >= 15 is 0 Å². The molecule has 102 valence electrons. The van der Waals surface area contributed by atoms with Crippen LogP contribution >= 0.6 is 22.6 Å². The quantitative estimate of drug-likeness (QED) is 0.830. The molecule has 0 unspecified atom stereocenters. The van der Waals surface area contributed by atoms with Gasteiger partial charge in [-0.2, -0.15) is 10.4 Å². The van der Waals surface area contributed by atoms with Crippen LogP contribution < -0.4 is 5.32 Å². The molecule has 0 saturated heterocycles. The average Bonchev–Trinajstić information content (AvgIpc) is 2.76. The molecule has 0 aliphatic carbocycles. The van der Waals surface area contributed by atoms with Crippen molar-refractivity contribution in [1.29, 1.82) is 5.26 Å². The number of benzene rings is 1. The fraction of sp³-hybridized carbons (Fsp3) is 0.214. The summed E-state index contributed by atoms with van der Waals surface area (Å²) in [6, 6.07) is 9.00. The van der Waals surface area contributed by atoms with Gasteiger partial charge in [0.05, 0.1) is 20.5 Å². The van der Waals surface area contributed by atoms with E-state index in [1.807, 2.05) is 13.1 Å². The van der Waals surface area contributed by atoms with Crippen molar-refractivity contribution in [2.75, 3.05) is 5.32 Å². The maximum atomic E-state index is 11.9. The molecule has 0 fully saturated rings. The summed E-state index contributed by atoms with van der Waals surface area (Å²) < 4.78 is 2.84. The van der Waals surface area contributed by atoms with Gasteiger partial charge in [-0.15, -0.1) is 0 Å². The van der Waals surface area contributed by atoms with Crippen molar-refractivity contribution in [3.63, 3.8) is 0 Å². The predicted molar refractivity (Wildman–Crippen MR) is 84.1 cm³/mol. The number of anilines is 1. The van der Waals surface area contributed by atoms with Crippen LogP contribution in [-0.2, 0) is 11.3 Å². The monoisotopic (exact) mass is 380 g/mol. The van der Waals surface area contributed by atoms with Crippen LogP contribution in [0.5, 0.6) is 0 Å². The summed E-state index contributed by atoms with van der Waals surface area (Å²) in [5.41, 5.74) is 1.97. The molecule has 0 bridgehead atoms. The number of hydrogen-bond acceptors (Lipinski definition) is 3. The van der Waals surface area contributed by atoms with Gasteiger partial charge in [0.1, 0.15) is 6.07 Å². The van der Waals surface area contributed by atoms with Gasteiger partial charge in [0.2, 0.25) is 5.91 Å². The minimum atomic E-state index is -0.129. The standard InChI is InChI=1S/C14H13IN4O/c1-10-12(15)9-19(18-10)7-6-14(20)17-13-5-3-2-4-11(13)8-16/h2-5,9H,6-7H2,1H3,(H,17,20). The predicted octanol–water partition coefficient (Wildman–Crippen LogP) is 2.70. The Morgan fingerprint density at radius 3 is 2.90 bits per heavy atom. The van der Waals surface area contributed by atoms with Gasteiger partial charge in [0.25, 0.3) is 0 Å². The molecule has 1 aromatic heterocycles. The Morgan fingerprint density at radius 2 is 2.25 bits per heavy atom. The fourth-order valence-corrected chi connectivity index (χ4v) is 2.16. The first kappa shape index (κ1) is 14.5. The summed E-state index contributed by atoms with van der Waals surface area (Å²) in [4.78, 5) is 11.9. The van der Waals surface area contributed by atoms with E-state index in [1.54, 1.807) is 28.9 Å². The highest BCUT2D eigenvalue weighted by molar-refractivity contribution is 14.1. The molecule has 1 N–H and O–H groups in total. The number of aromatic nitrogens is 2. The van der Waals surface area contributed by atoms with Gasteiger partial charge in [-0.1, -0.05) is 12.1 Å². The molecule has 5 nitrogen and oxygen atoms in total. The van der Waals surface area contributed by atoms with Gasteiger partial charge in [0.15, 0.2) is 0 Å². The zero-order chi connectivity index (χ0) is 14.5. The van der Waals surface area contributed by atoms with Crippen molar-refractivity contribution in [1.82, 2.24) is 9.78 Å². The molecule has 2 aromatic rings. The summed E-state index contributed by atoms with van der Waals surface area (Å²) >= 11 is 2.21. The van der Waals surface area contributed by atoms with Gasteiger partial charge < -0.3 is 5.32 Å². The Bertz CT molecular complexity index is 653. The van der Waals surface area contributed by atoms with Crippen molar-refractivity contribution < 1.29 is 4.79 Å². The van der Waals surface area contributed by atoms with Crippen molar-refractivity contribution in [3.8, 4) is 6.07 Å². The van der Waals surface area contributed by atoms with Crippen LogP contribution in [0.4, 0.5) is 5.69 Å². The molecule has 1 aromatic carbocycles. The number of nitriles is 1. The first-order valence-electron chi connectivity index (χ1n) is 6.08. The second-order valence-electron chi connectivity index (χ2n) is 4.28. The Balaban J connectivity index is 1.94. The van der Waals surface area contributed by atoms with Crippen LogP contribution in [0.3, 0.4) is 0 Å². The molecule has 0 radical (unpaired) electrons. The van der Waals surface area contributed by atoms with Crippen LogP contribution in [0.25, 0.3) is 0 Å². The molecule has 0 atom stereocenters. The summed E-state index contributed by atoms with van der Waals surface area (Å²) in [6.45, 7) is 2.45. The lowest BCUT2D eigenvalue weighted by atomic mass is 10.2. The maximum absolute atomic E-state index is 11.9. The Hall–Kier alpha value is -1.88. The van der Waals surface area contributed by atoms with Gasteiger partial charge in [-0.25, -0.2) is 0 Å². The van der Waals surface area contributed by atoms with Crippen LogP contribution in [0.2, 0.25) is 0 Å². The Kier molecular flexibility index (Phi) is 4.74. The molecule has 0 aliphatic rings. The second kappa shape index (κ2) is 6.52. The van der Waals surface area contributed by atoms with E-state index in [4.69, 9.17) is 5.26 Å². The van der Waals surface area contributed by atoms with E-state index in [1.165, 1.54) is 0 Å². The van der Waals surface area contributed by atoms with Crippen molar-refractivity contribution in [3.05, 3.63) is 45.3 Å². The van der Waals surface area contributed by atoms with E-state index in [-0.39, 0.29) is 5.91 Å². The largest absolute Gasteiger partial charge is 0.325 e. The van der Waals surface area contributed by atoms with E-state index in [0.717, 1.165) is 9.26 Å². The smallest absolute Gasteiger partial charge is 0.226 e. The Morgan fingerprint density at radius 1 is 1.50 bits per heavy atom. The lowest BCUT2D eigenvalue weighted by Crippen LogP contribution is -2.15. The minimum Gasteiger partial charge on any atom is -0.325 e. The van der Waals surface area contributed by atoms with Crippen molar-refractivity contribution >= 4 is 34.2 Å². The molecule has 1 amide bonds. The third-order valence-electron chi connectivity index (χ3n) is 2.78. The van der Waals surface area contributed by atoms with Crippen molar-refractivity contribution in [2.24, 2.45) is 0 Å². The third kappa shape index (κ3) is 3.57. The molecule has 20 heavy (non-hydrogen) atoms. The SMILES string of the molecule is Cc1nn(CCC(=O)Nc2ccccc2C#N)cc1I. The normalized spacial score (nSPS) is 10.1. The molecule has 6 heteroatoms. The van der Waals surface area contributed by atoms with E-state index in [9.17, 15) is 4.79 Å². The molecule has 2 rings (SSSR count). The average molecular weight is 380 g/mol. The zero-order valence-electron chi connectivity index (χ0n) is 10.9. The van der Waals surface area contributed by atoms with Crippen LogP contribution in [0, 0.1) is 21.8 Å². The lowest BCUT2D eigenvalue weighted by Gasteiger charge is -2.06. The number of halogens is 1. The lowest BCUT2D eigenvalue weighted by molar-refractivity contribution is -0.116. The number of hydrogen-bond donors (Lipinski definition) is 1. The van der Waals surface area contributed by atoms with E-state index < -0.39 is 0 Å². The number of nitrogens with one attached hydrogen (secondary N) is 1. The highest BCUT2D eigenvalue weighted by atomic mass is 127. The molecule has 0 saturated carbocycles. The number of nitrogens with zero attached hydrogens (tertiary/aromatic N) is 3. The number of aryl methyl sites for hydroxylation is 2. The first-order valence-corrected chi connectivity index (χ1v) is 7.16. The number of amides is 1. The topological polar surface area (TPSA) is 70.7 Å². The molecular formula is C14H13IN4O. The highest BCUT2D eigenvalue weighted by Gasteiger charge is 2.07. The molecule has 1 heterocycles. The Labute approximate surface area is 130 Å². The summed E-state index contributed by atoms with van der Waals surface area (Å²) in [6.07, 6.45) is 2.23. The zero-order valence-corrected chi connectivity index (χ0v) is 13.1. The second-order valence-corrected chi connectivity index (χ2v) is 5.44. The fourth-order valence-electron chi connectivity index (χ4n) is 1.73. The number of para-hydroxylation sites is 1. The minimum absolute atomic E-state index is 0.129. The first-order chi connectivity index (χ1) is 9.60. The van der Waals surface area contributed by atoms with Crippen LogP contribution in [0.15, 0.2) is 30.5 Å². The number of rotatable bonds is 4. The van der Waals surface area contributed by atoms with Gasteiger partial charge in [0, 0.05) is 19.2 Å². The molecular weight excluding hydrogens is 367 g/mol. The van der Waals surface area contributed by atoms with E-state index in [0.29, 0.717) is 24.2 Å². The highest BCUT2D eigenvalue weighted by Crippen LogP contribution is 2.14. The molecule has 0 aliphatic heterocycles. The summed E-state index contributed by atoms with van der Waals surface area (Å²) in [5, 5.41) is 16.0. The third-order valence-corrected chi connectivity index (χ3v) is 3.84. The maximum Gasteiger partial charge on any atom is 0.226 e. The van der Waals surface area contributed by atoms with Gasteiger partial charge in [-0.05, 0) is 41.6 Å². The number of carbonyl (C=O) groups is 1. The molecule has 0 spiro atoms. The summed E-state index contributed by atoms with van der Waals surface area (Å²) in [5.74, 6) is -0.129.